The highest BCUT2D eigenvalue weighted by atomic mass is 19.1. The van der Waals surface area contributed by atoms with Gasteiger partial charge in [-0.15, -0.1) is 0 Å². The molecular weight excluding hydrogens is 445 g/mol. The van der Waals surface area contributed by atoms with Crippen LogP contribution in [-0.4, -0.2) is 53.8 Å². The van der Waals surface area contributed by atoms with E-state index in [0.717, 1.165) is 5.76 Å². The molecule has 0 aliphatic carbocycles. The standard InChI is InChI=1S/C27H42FN5O2/c1-9-13-18-29-20-33-21(5)30-25(31-27(6,7)17-16-23(11-3)35-8)32(26(33)34)19-14-15-22(10-2)24(28)12-4/h9,11-13,15-18,21,29H,1,10,14,19-20H2,2-8H3,(H,30,31)/b17-16-,18-13-,22-15-,23-11+,24-12+. The zero-order valence-electron chi connectivity index (χ0n) is 22.3. The molecule has 0 bridgehead atoms. The Kier molecular flexibility index (Phi) is 12.6. The van der Waals surface area contributed by atoms with E-state index in [2.05, 4.69) is 17.2 Å². The Bertz CT molecular complexity index is 899. The lowest BCUT2D eigenvalue weighted by atomic mass is 10.0. The molecule has 35 heavy (non-hydrogen) atoms. The largest absolute Gasteiger partial charge is 0.497 e. The highest BCUT2D eigenvalue weighted by Crippen LogP contribution is 2.19. The molecule has 0 saturated heterocycles. The number of urea groups is 1. The summed E-state index contributed by atoms with van der Waals surface area (Å²) >= 11 is 0. The number of nitrogens with zero attached hydrogens (tertiary/aromatic N) is 3. The van der Waals surface area contributed by atoms with E-state index in [9.17, 15) is 9.18 Å². The minimum atomic E-state index is -0.515. The summed E-state index contributed by atoms with van der Waals surface area (Å²) < 4.78 is 19.4. The number of halogens is 1. The molecule has 194 valence electrons. The Hall–Kier alpha value is -3.29. The van der Waals surface area contributed by atoms with Gasteiger partial charge < -0.3 is 15.4 Å². The normalized spacial score (nSPS) is 18.4. The average Bonchev–Trinajstić information content (AvgIpc) is 2.82. The monoisotopic (exact) mass is 487 g/mol. The van der Waals surface area contributed by atoms with E-state index < -0.39 is 5.54 Å². The van der Waals surface area contributed by atoms with Crippen molar-refractivity contribution >= 4 is 12.0 Å². The summed E-state index contributed by atoms with van der Waals surface area (Å²) in [6.07, 6.45) is 14.8. The molecule has 1 atom stereocenters. The van der Waals surface area contributed by atoms with E-state index in [1.807, 2.05) is 58.9 Å². The second kappa shape index (κ2) is 14.9. The highest BCUT2D eigenvalue weighted by molar-refractivity contribution is 5.98. The van der Waals surface area contributed by atoms with Crippen LogP contribution in [0.15, 0.2) is 77.5 Å². The number of aliphatic imine (C=N–C) groups is 1. The number of methoxy groups -OCH3 is 1. The number of hydrogen-bond acceptors (Lipinski definition) is 5. The third-order valence-electron chi connectivity index (χ3n) is 5.41. The van der Waals surface area contributed by atoms with Gasteiger partial charge in [0, 0.05) is 6.54 Å². The van der Waals surface area contributed by atoms with Crippen molar-refractivity contribution in [1.29, 1.82) is 0 Å². The maximum atomic E-state index is 14.1. The summed E-state index contributed by atoms with van der Waals surface area (Å²) in [6, 6.07) is -0.182. The topological polar surface area (TPSA) is 69.2 Å². The van der Waals surface area contributed by atoms with Crippen LogP contribution in [-0.2, 0) is 4.74 Å². The molecule has 1 aliphatic heterocycles. The van der Waals surface area contributed by atoms with E-state index in [4.69, 9.17) is 9.73 Å². The van der Waals surface area contributed by atoms with Gasteiger partial charge in [-0.3, -0.25) is 9.80 Å². The van der Waals surface area contributed by atoms with Crippen LogP contribution in [0.5, 0.6) is 0 Å². The van der Waals surface area contributed by atoms with E-state index in [1.165, 1.54) is 6.08 Å². The summed E-state index contributed by atoms with van der Waals surface area (Å²) in [5.41, 5.74) is 0.116. The first-order valence-electron chi connectivity index (χ1n) is 12.0. The third-order valence-corrected chi connectivity index (χ3v) is 5.41. The third kappa shape index (κ3) is 9.47. The summed E-state index contributed by atoms with van der Waals surface area (Å²) in [7, 11) is 1.62. The van der Waals surface area contributed by atoms with Gasteiger partial charge in [-0.25, -0.2) is 14.2 Å². The van der Waals surface area contributed by atoms with Crippen molar-refractivity contribution in [2.75, 3.05) is 20.3 Å². The fraction of sp³-hybridized carbons (Fsp3) is 0.481. The molecule has 0 aromatic carbocycles. The van der Waals surface area contributed by atoms with Gasteiger partial charge in [0.2, 0.25) is 5.96 Å². The lowest BCUT2D eigenvalue weighted by molar-refractivity contribution is 0.144. The molecular formula is C27H42FN5O2. The van der Waals surface area contributed by atoms with Crippen LogP contribution in [0.3, 0.4) is 0 Å². The Morgan fingerprint density at radius 2 is 2.03 bits per heavy atom. The Labute approximate surface area is 210 Å². The molecule has 1 unspecified atom stereocenters. The molecule has 2 N–H and O–H groups in total. The van der Waals surface area contributed by atoms with Crippen molar-refractivity contribution in [2.45, 2.75) is 66.1 Å². The molecule has 1 heterocycles. The molecule has 2 amide bonds. The van der Waals surface area contributed by atoms with Crippen LogP contribution >= 0.6 is 0 Å². The highest BCUT2D eigenvalue weighted by Gasteiger charge is 2.34. The SMILES string of the molecule is C=C/C=C\NCN1C(=O)N(CC/C=C(CC)\C(F)=C/C)C(NC(C)(C)/C=C\C(=C/C)OC)=NC1C. The predicted molar refractivity (Wildman–Crippen MR) is 143 cm³/mol. The molecule has 0 fully saturated rings. The predicted octanol–water partition coefficient (Wildman–Crippen LogP) is 5.75. The summed E-state index contributed by atoms with van der Waals surface area (Å²) in [4.78, 5) is 21.5. The van der Waals surface area contributed by atoms with Crippen molar-refractivity contribution in [3.63, 3.8) is 0 Å². The van der Waals surface area contributed by atoms with E-state index in [1.54, 1.807) is 42.2 Å². The molecule has 8 heteroatoms. The molecule has 0 spiro atoms. The number of carbonyl (C=O) groups excluding carboxylic acids is 1. The number of ether oxygens (including phenoxy) is 1. The van der Waals surface area contributed by atoms with Gasteiger partial charge >= 0.3 is 6.03 Å². The Morgan fingerprint density at radius 1 is 1.31 bits per heavy atom. The number of guanidine groups is 1. The quantitative estimate of drug-likeness (QED) is 0.256. The summed E-state index contributed by atoms with van der Waals surface area (Å²) in [5.74, 6) is 0.981. The van der Waals surface area contributed by atoms with Crippen molar-refractivity contribution in [3.8, 4) is 0 Å². The van der Waals surface area contributed by atoms with Crippen LogP contribution < -0.4 is 10.6 Å². The second-order valence-corrected chi connectivity index (χ2v) is 8.53. The maximum absolute atomic E-state index is 14.1. The number of allylic oxidation sites excluding steroid dienone is 7. The summed E-state index contributed by atoms with van der Waals surface area (Å²) in [5, 5.41) is 6.49. The zero-order chi connectivity index (χ0) is 26.4. The van der Waals surface area contributed by atoms with Crippen molar-refractivity contribution in [1.82, 2.24) is 20.4 Å². The number of nitrogens with one attached hydrogen (secondary N) is 2. The molecule has 1 rings (SSSR count). The van der Waals surface area contributed by atoms with Gasteiger partial charge in [-0.1, -0.05) is 37.8 Å². The lowest BCUT2D eigenvalue weighted by Gasteiger charge is -2.40. The Morgan fingerprint density at radius 3 is 2.60 bits per heavy atom. The lowest BCUT2D eigenvalue weighted by Crippen LogP contribution is -2.61. The molecule has 0 aromatic rings. The van der Waals surface area contributed by atoms with Crippen molar-refractivity contribution in [2.24, 2.45) is 4.99 Å². The first-order valence-corrected chi connectivity index (χ1v) is 12.0. The molecule has 0 saturated carbocycles. The van der Waals surface area contributed by atoms with E-state index in [0.29, 0.717) is 37.6 Å². The molecule has 7 nitrogen and oxygen atoms in total. The van der Waals surface area contributed by atoms with Crippen LogP contribution in [0, 0.1) is 0 Å². The van der Waals surface area contributed by atoms with Crippen LogP contribution in [0.4, 0.5) is 9.18 Å². The average molecular weight is 488 g/mol. The van der Waals surface area contributed by atoms with E-state index >= 15 is 0 Å². The zero-order valence-corrected chi connectivity index (χ0v) is 22.3. The number of carbonyl (C=O) groups is 1. The van der Waals surface area contributed by atoms with Crippen LogP contribution in [0.2, 0.25) is 0 Å². The van der Waals surface area contributed by atoms with Crippen LogP contribution in [0.25, 0.3) is 0 Å². The van der Waals surface area contributed by atoms with Gasteiger partial charge in [0.25, 0.3) is 0 Å². The van der Waals surface area contributed by atoms with Gasteiger partial charge in [0.05, 0.1) is 19.3 Å². The second-order valence-electron chi connectivity index (χ2n) is 8.53. The first-order chi connectivity index (χ1) is 16.6. The fourth-order valence-corrected chi connectivity index (χ4v) is 3.38. The minimum absolute atomic E-state index is 0.182. The van der Waals surface area contributed by atoms with Gasteiger partial charge in [-0.2, -0.15) is 0 Å². The van der Waals surface area contributed by atoms with Gasteiger partial charge in [0.15, 0.2) is 0 Å². The smallest absolute Gasteiger partial charge is 0.329 e. The molecule has 0 aromatic heterocycles. The first kappa shape index (κ1) is 29.7. The van der Waals surface area contributed by atoms with Gasteiger partial charge in [0.1, 0.15) is 17.8 Å². The molecule has 0 radical (unpaired) electrons. The van der Waals surface area contributed by atoms with Gasteiger partial charge in [-0.05, 0) is 77.5 Å². The number of hydrogen-bond donors (Lipinski definition) is 2. The van der Waals surface area contributed by atoms with Crippen molar-refractivity contribution < 1.29 is 13.9 Å². The number of amides is 2. The fourth-order valence-electron chi connectivity index (χ4n) is 3.38. The molecule has 1 aliphatic rings. The Balaban J connectivity index is 3.21. The number of rotatable bonds is 13. The van der Waals surface area contributed by atoms with E-state index in [-0.39, 0.29) is 18.0 Å². The summed E-state index contributed by atoms with van der Waals surface area (Å²) in [6.45, 7) is 15.6. The maximum Gasteiger partial charge on any atom is 0.329 e. The van der Waals surface area contributed by atoms with Crippen LogP contribution in [0.1, 0.15) is 54.4 Å². The minimum Gasteiger partial charge on any atom is -0.497 e. The van der Waals surface area contributed by atoms with Crippen molar-refractivity contribution in [3.05, 3.63) is 72.5 Å².